The van der Waals surface area contributed by atoms with Crippen LogP contribution in [-0.4, -0.2) is 111 Å². The van der Waals surface area contributed by atoms with E-state index in [0.717, 1.165) is 49.4 Å². The van der Waals surface area contributed by atoms with Crippen molar-refractivity contribution in [2.24, 2.45) is 0 Å². The zero-order valence-corrected chi connectivity index (χ0v) is 69.3. The van der Waals surface area contributed by atoms with Crippen molar-refractivity contribution in [1.29, 1.82) is 0 Å². The van der Waals surface area contributed by atoms with Crippen LogP contribution in [0.2, 0.25) is 15.1 Å². The molecule has 15 rings (SSSR count). The summed E-state index contributed by atoms with van der Waals surface area (Å²) in [4.78, 5) is 26.4. The number of anilines is 6. The van der Waals surface area contributed by atoms with Crippen molar-refractivity contribution >= 4 is 132 Å². The van der Waals surface area contributed by atoms with Crippen LogP contribution in [0, 0.1) is 17.5 Å². The molecule has 0 saturated heterocycles. The molecule has 0 bridgehead atoms. The monoisotopic (exact) mass is 1740 g/mol. The first-order valence-corrected chi connectivity index (χ1v) is 44.5. The second-order valence-electron chi connectivity index (χ2n) is 27.6. The van der Waals surface area contributed by atoms with Crippen molar-refractivity contribution in [3.8, 4) is 51.2 Å². The first kappa shape index (κ1) is 85.9. The molecule has 33 heteroatoms. The van der Waals surface area contributed by atoms with Crippen LogP contribution in [0.1, 0.15) is 34.0 Å². The molecule has 0 unspecified atom stereocenters. The van der Waals surface area contributed by atoms with Crippen molar-refractivity contribution in [1.82, 2.24) is 45.9 Å². The van der Waals surface area contributed by atoms with E-state index in [1.54, 1.807) is 72.8 Å². The van der Waals surface area contributed by atoms with E-state index in [4.69, 9.17) is 62.3 Å². The van der Waals surface area contributed by atoms with E-state index < -0.39 is 29.5 Å². The van der Waals surface area contributed by atoms with Crippen LogP contribution in [0.25, 0.3) is 66.7 Å². The molecule has 0 fully saturated rings. The van der Waals surface area contributed by atoms with Gasteiger partial charge in [-0.05, 0) is 199 Å². The second kappa shape index (κ2) is 39.7. The molecule has 0 atom stereocenters. The van der Waals surface area contributed by atoms with E-state index in [9.17, 15) is 38.4 Å². The lowest BCUT2D eigenvalue weighted by atomic mass is 10.1. The zero-order chi connectivity index (χ0) is 84.3. The first-order chi connectivity index (χ1) is 57.7. The van der Waals surface area contributed by atoms with Crippen LogP contribution >= 0.6 is 34.8 Å². The maximum atomic E-state index is 13.4. The maximum Gasteiger partial charge on any atom is 0.148 e. The Morgan fingerprint density at radius 2 is 0.633 bits per heavy atom. The third-order valence-corrected chi connectivity index (χ3v) is 21.7. The van der Waals surface area contributed by atoms with Gasteiger partial charge in [-0.1, -0.05) is 71.2 Å². The van der Waals surface area contributed by atoms with Crippen LogP contribution in [0.4, 0.5) is 47.7 Å². The van der Waals surface area contributed by atoms with E-state index in [-0.39, 0.29) is 54.5 Å². The molecular formula is C87H78Cl3F3N12O12S3. The van der Waals surface area contributed by atoms with Crippen molar-refractivity contribution in [2.75, 3.05) is 71.6 Å². The molecule has 618 valence electrons. The third kappa shape index (κ3) is 25.1. The fourth-order valence-corrected chi connectivity index (χ4v) is 14.3. The number of benzene rings is 9. The second-order valence-corrected chi connectivity index (χ2v) is 35.6. The first-order valence-electron chi connectivity index (χ1n) is 37.2. The summed E-state index contributed by atoms with van der Waals surface area (Å²) in [5, 5.41) is 22.7. The Morgan fingerprint density at radius 1 is 0.342 bits per heavy atom. The van der Waals surface area contributed by atoms with Crippen molar-refractivity contribution in [3.63, 3.8) is 0 Å². The molecule has 120 heavy (non-hydrogen) atoms. The SMILES string of the molecule is CS(=O)(=O)CCNCc1ccc(-c2ccc3ncnc(Nc4ccc(OCc5cccc(F)c5)c(Cl)c4)c3c2)o1.CS(=O)(=O)CCNCc1ccc(-c2ccc3ncnc(Nc4ccc(OCc5cccc(F)c5)c(Cl)c4)c3c2)o1.CS(=O)(=O)CCNCc1ccc(-c2ccc3ncnc(Nc4ccc(OCc5cccc(F)c5)c(Cl)c4)c3c2)o1. The molecule has 6 heterocycles. The molecule has 6 N–H and O–H groups in total. The number of furan rings is 3. The van der Waals surface area contributed by atoms with Gasteiger partial charge in [-0.25, -0.2) is 68.3 Å². The average Bonchev–Trinajstić information content (AvgIpc) is 1.20. The number of hydrogen-bond donors (Lipinski definition) is 6. The van der Waals surface area contributed by atoms with E-state index in [1.807, 2.05) is 109 Å². The Morgan fingerprint density at radius 3 is 0.900 bits per heavy atom. The third-order valence-electron chi connectivity index (χ3n) is 18.0. The molecule has 15 aromatic rings. The molecule has 0 radical (unpaired) electrons. The number of sulfone groups is 3. The van der Waals surface area contributed by atoms with Gasteiger partial charge in [0, 0.05) is 88.3 Å². The molecular weight excluding hydrogens is 1660 g/mol. The van der Waals surface area contributed by atoms with Gasteiger partial charge in [0.2, 0.25) is 0 Å². The molecule has 24 nitrogen and oxygen atoms in total. The molecule has 6 aromatic heterocycles. The highest BCUT2D eigenvalue weighted by atomic mass is 35.5. The molecule has 0 spiro atoms. The molecule has 0 saturated carbocycles. The zero-order valence-electron chi connectivity index (χ0n) is 64.6. The summed E-state index contributed by atoms with van der Waals surface area (Å²) in [7, 11) is -9.06. The summed E-state index contributed by atoms with van der Waals surface area (Å²) in [6, 6.07) is 62.9. The van der Waals surface area contributed by atoms with Gasteiger partial charge in [0.1, 0.15) is 155 Å². The Balaban J connectivity index is 0.000000156. The molecule has 0 aliphatic rings. The number of ether oxygens (including phenoxy) is 3. The Kier molecular flexibility index (Phi) is 28.4. The van der Waals surface area contributed by atoms with Gasteiger partial charge >= 0.3 is 0 Å². The molecule has 0 aliphatic carbocycles. The smallest absolute Gasteiger partial charge is 0.148 e. The van der Waals surface area contributed by atoms with E-state index in [1.165, 1.54) is 74.1 Å². The lowest BCUT2D eigenvalue weighted by molar-refractivity contribution is 0.306. The van der Waals surface area contributed by atoms with Gasteiger partial charge in [-0.15, -0.1) is 0 Å². The van der Waals surface area contributed by atoms with Gasteiger partial charge in [-0.3, -0.25) is 0 Å². The predicted octanol–water partition coefficient (Wildman–Crippen LogP) is 18.4. The summed E-state index contributed by atoms with van der Waals surface area (Å²) < 4.78 is 143. The van der Waals surface area contributed by atoms with E-state index in [0.29, 0.717) is 157 Å². The van der Waals surface area contributed by atoms with E-state index in [2.05, 4.69) is 61.8 Å². The van der Waals surface area contributed by atoms with E-state index >= 15 is 0 Å². The maximum absolute atomic E-state index is 13.4. The van der Waals surface area contributed by atoms with Crippen LogP contribution in [0.3, 0.4) is 0 Å². The summed E-state index contributed by atoms with van der Waals surface area (Å²) in [5.41, 5.74) is 8.97. The minimum absolute atomic E-state index is 0.0664. The number of hydrogen-bond acceptors (Lipinski definition) is 24. The fourth-order valence-electron chi connectivity index (χ4n) is 12.1. The van der Waals surface area contributed by atoms with Crippen LogP contribution in [0.5, 0.6) is 17.2 Å². The standard InChI is InChI=1S/3C29H26ClFN4O4S/c3*1-40(36,37)12-11-32-16-23-7-10-27(39-23)20-5-8-26-24(14-20)29(34-18-33-26)35-22-6-9-28(25(30)15-22)38-17-19-3-2-4-21(31)13-19/h3*2-10,13-15,18,32H,11-12,16-17H2,1H3,(H,33,34,35). The van der Waals surface area contributed by atoms with Gasteiger partial charge < -0.3 is 59.4 Å². The quantitative estimate of drug-likeness (QED) is 0.0208. The number of fused-ring (bicyclic) bond motifs is 3. The summed E-state index contributed by atoms with van der Waals surface area (Å²) in [5.74, 6) is 6.52. The molecule has 0 aliphatic heterocycles. The summed E-state index contributed by atoms with van der Waals surface area (Å²) in [6.07, 6.45) is 8.08. The minimum Gasteiger partial charge on any atom is -0.487 e. The Bertz CT molecular complexity index is 5900. The molecule has 9 aromatic carbocycles. The van der Waals surface area contributed by atoms with Gasteiger partial charge in [0.05, 0.1) is 68.5 Å². The lowest BCUT2D eigenvalue weighted by Gasteiger charge is -2.12. The lowest BCUT2D eigenvalue weighted by Crippen LogP contribution is -2.21. The number of aromatic nitrogens is 6. The summed E-state index contributed by atoms with van der Waals surface area (Å²) >= 11 is 19.4. The fraction of sp³-hybridized carbons (Fsp3) is 0.172. The number of halogens is 6. The minimum atomic E-state index is -3.02. The van der Waals surface area contributed by atoms with Crippen LogP contribution in [-0.2, 0) is 69.0 Å². The Hall–Kier alpha value is -12.0. The van der Waals surface area contributed by atoms with Crippen molar-refractivity contribution < 1.29 is 65.9 Å². The largest absolute Gasteiger partial charge is 0.487 e. The molecule has 0 amide bonds. The number of nitrogens with one attached hydrogen (secondary N) is 6. The van der Waals surface area contributed by atoms with Crippen LogP contribution < -0.4 is 46.1 Å². The topological polar surface area (TPSA) is 319 Å². The van der Waals surface area contributed by atoms with Gasteiger partial charge in [0.25, 0.3) is 0 Å². The average molecular weight is 1740 g/mol. The predicted molar refractivity (Wildman–Crippen MR) is 462 cm³/mol. The number of nitrogens with zero attached hydrogens (tertiary/aromatic N) is 6. The van der Waals surface area contributed by atoms with Crippen molar-refractivity contribution in [2.45, 2.75) is 39.5 Å². The summed E-state index contributed by atoms with van der Waals surface area (Å²) in [6.45, 7) is 2.87. The van der Waals surface area contributed by atoms with Gasteiger partial charge in [0.15, 0.2) is 0 Å². The highest BCUT2D eigenvalue weighted by Crippen LogP contribution is 2.38. The van der Waals surface area contributed by atoms with Crippen molar-refractivity contribution in [3.05, 3.63) is 304 Å². The highest BCUT2D eigenvalue weighted by molar-refractivity contribution is 7.91. The van der Waals surface area contributed by atoms with Crippen LogP contribution in [0.15, 0.2) is 251 Å². The normalized spacial score (nSPS) is 11.6. The number of rotatable bonds is 33. The highest BCUT2D eigenvalue weighted by Gasteiger charge is 2.18. The Labute approximate surface area is 704 Å². The van der Waals surface area contributed by atoms with Gasteiger partial charge in [-0.2, -0.15) is 0 Å².